The summed E-state index contributed by atoms with van der Waals surface area (Å²) in [6.07, 6.45) is 0.305. The Kier molecular flexibility index (Phi) is 2.78. The number of nitrogens with zero attached hydrogens (tertiary/aromatic N) is 1. The number of para-hydroxylation sites is 1. The fourth-order valence-corrected chi connectivity index (χ4v) is 2.71. The van der Waals surface area contributed by atoms with Crippen LogP contribution in [0.2, 0.25) is 0 Å². The smallest absolute Gasteiger partial charge is 0.264 e. The molecule has 2 aliphatic heterocycles. The maximum absolute atomic E-state index is 12.4. The second-order valence-electron chi connectivity index (χ2n) is 6.00. The molecule has 0 aliphatic carbocycles. The van der Waals surface area contributed by atoms with E-state index in [1.165, 1.54) is 0 Å². The predicted octanol–water partition coefficient (Wildman–Crippen LogP) is 1.19. The molecule has 0 spiro atoms. The second-order valence-corrected chi connectivity index (χ2v) is 6.00. The van der Waals surface area contributed by atoms with Crippen molar-refractivity contribution in [1.82, 2.24) is 4.90 Å². The van der Waals surface area contributed by atoms with Crippen LogP contribution in [0.5, 0.6) is 5.75 Å². The van der Waals surface area contributed by atoms with E-state index in [9.17, 15) is 4.79 Å². The van der Waals surface area contributed by atoms with E-state index in [1.807, 2.05) is 29.2 Å². The topological polar surface area (TPSA) is 55.6 Å². The first-order valence-corrected chi connectivity index (χ1v) is 6.82. The normalized spacial score (nSPS) is 23.8. The van der Waals surface area contributed by atoms with E-state index in [-0.39, 0.29) is 17.6 Å². The Bertz CT molecular complexity index is 482. The van der Waals surface area contributed by atoms with Gasteiger partial charge in [-0.2, -0.15) is 0 Å². The minimum absolute atomic E-state index is 0.0675. The molecule has 3 rings (SSSR count). The largest absolute Gasteiger partial charge is 0.480 e. The van der Waals surface area contributed by atoms with Crippen LogP contribution in [0, 0.1) is 5.92 Å². The van der Waals surface area contributed by atoms with Crippen molar-refractivity contribution in [2.45, 2.75) is 31.9 Å². The van der Waals surface area contributed by atoms with E-state index in [1.54, 1.807) is 0 Å². The number of nitrogens with two attached hydrogens (primary N) is 1. The average Bonchev–Trinajstić information content (AvgIpc) is 2.77. The lowest BCUT2D eigenvalue weighted by atomic mass is 9.80. The van der Waals surface area contributed by atoms with E-state index in [2.05, 4.69) is 13.8 Å². The Balaban J connectivity index is 1.63. The number of hydrogen-bond donors (Lipinski definition) is 1. The van der Waals surface area contributed by atoms with Gasteiger partial charge in [0.1, 0.15) is 5.75 Å². The summed E-state index contributed by atoms with van der Waals surface area (Å²) in [5, 5.41) is 0. The summed E-state index contributed by atoms with van der Waals surface area (Å²) in [5.74, 6) is 1.29. The number of hydrogen-bond acceptors (Lipinski definition) is 3. The van der Waals surface area contributed by atoms with Gasteiger partial charge in [0.25, 0.3) is 5.91 Å². The summed E-state index contributed by atoms with van der Waals surface area (Å²) in [5.41, 5.74) is 7.12. The van der Waals surface area contributed by atoms with Crippen molar-refractivity contribution < 1.29 is 9.53 Å². The van der Waals surface area contributed by atoms with Crippen LogP contribution in [0.3, 0.4) is 0 Å². The molecule has 2 aliphatic rings. The molecule has 4 heteroatoms. The fourth-order valence-electron chi connectivity index (χ4n) is 2.71. The Morgan fingerprint density at radius 3 is 2.74 bits per heavy atom. The number of amides is 1. The van der Waals surface area contributed by atoms with Crippen LogP contribution in [0.4, 0.5) is 0 Å². The molecule has 0 saturated carbocycles. The summed E-state index contributed by atoms with van der Waals surface area (Å²) >= 11 is 0. The predicted molar refractivity (Wildman–Crippen MR) is 72.9 cm³/mol. The van der Waals surface area contributed by atoms with Crippen LogP contribution in [-0.2, 0) is 11.2 Å². The molecule has 0 aromatic heterocycles. The molecule has 2 heterocycles. The second kappa shape index (κ2) is 4.23. The van der Waals surface area contributed by atoms with Gasteiger partial charge in [0.05, 0.1) is 5.54 Å². The number of ether oxygens (including phenoxy) is 1. The first kappa shape index (κ1) is 12.5. The minimum Gasteiger partial charge on any atom is -0.480 e. The molecule has 1 fully saturated rings. The van der Waals surface area contributed by atoms with Gasteiger partial charge in [-0.1, -0.05) is 32.0 Å². The number of rotatable bonds is 2. The van der Waals surface area contributed by atoms with E-state index in [0.717, 1.165) is 11.3 Å². The molecule has 1 unspecified atom stereocenters. The zero-order valence-electron chi connectivity index (χ0n) is 11.4. The van der Waals surface area contributed by atoms with Crippen molar-refractivity contribution in [3.05, 3.63) is 29.8 Å². The Morgan fingerprint density at radius 2 is 2.11 bits per heavy atom. The number of fused-ring (bicyclic) bond motifs is 1. The molecule has 1 aromatic carbocycles. The molecule has 2 N–H and O–H groups in total. The van der Waals surface area contributed by atoms with Gasteiger partial charge in [-0.25, -0.2) is 0 Å². The highest BCUT2D eigenvalue weighted by molar-refractivity contribution is 5.83. The van der Waals surface area contributed by atoms with Crippen LogP contribution >= 0.6 is 0 Å². The first-order chi connectivity index (χ1) is 8.99. The molecule has 1 saturated heterocycles. The molecule has 1 aromatic rings. The zero-order valence-corrected chi connectivity index (χ0v) is 11.4. The van der Waals surface area contributed by atoms with Gasteiger partial charge < -0.3 is 15.4 Å². The van der Waals surface area contributed by atoms with Crippen molar-refractivity contribution in [3.63, 3.8) is 0 Å². The van der Waals surface area contributed by atoms with E-state index >= 15 is 0 Å². The van der Waals surface area contributed by atoms with Crippen molar-refractivity contribution in [1.29, 1.82) is 0 Å². The van der Waals surface area contributed by atoms with Crippen LogP contribution in [0.1, 0.15) is 19.4 Å². The molecule has 0 radical (unpaired) electrons. The lowest BCUT2D eigenvalue weighted by Crippen LogP contribution is -2.72. The van der Waals surface area contributed by atoms with Crippen molar-refractivity contribution in [2.24, 2.45) is 11.7 Å². The molecule has 0 bridgehead atoms. The quantitative estimate of drug-likeness (QED) is 0.869. The number of carbonyl (C=O) groups is 1. The summed E-state index contributed by atoms with van der Waals surface area (Å²) < 4.78 is 5.72. The van der Waals surface area contributed by atoms with Gasteiger partial charge in [-0.05, 0) is 17.5 Å². The first-order valence-electron chi connectivity index (χ1n) is 6.82. The Hall–Kier alpha value is -1.55. The minimum atomic E-state index is -0.367. The highest BCUT2D eigenvalue weighted by Crippen LogP contribution is 2.32. The van der Waals surface area contributed by atoms with Gasteiger partial charge in [-0.3, -0.25) is 4.79 Å². The lowest BCUT2D eigenvalue weighted by molar-refractivity contribution is -0.147. The van der Waals surface area contributed by atoms with Crippen LogP contribution < -0.4 is 10.5 Å². The number of benzene rings is 1. The molecule has 19 heavy (non-hydrogen) atoms. The average molecular weight is 260 g/mol. The maximum atomic E-state index is 12.4. The van der Waals surface area contributed by atoms with Crippen molar-refractivity contribution in [2.75, 3.05) is 13.1 Å². The fraction of sp³-hybridized carbons (Fsp3) is 0.533. The standard InChI is InChI=1S/C15H20N2O2/c1-10(2)15(16)8-17(9-15)14(18)13-7-11-5-3-4-6-12(11)19-13/h3-6,10,13H,7-9,16H2,1-2H3. The van der Waals surface area contributed by atoms with Gasteiger partial charge in [0.15, 0.2) is 6.10 Å². The van der Waals surface area contributed by atoms with Crippen LogP contribution in [0.25, 0.3) is 0 Å². The van der Waals surface area contributed by atoms with Crippen molar-refractivity contribution in [3.8, 4) is 5.75 Å². The van der Waals surface area contributed by atoms with E-state index in [0.29, 0.717) is 25.4 Å². The molecule has 4 nitrogen and oxygen atoms in total. The zero-order chi connectivity index (χ0) is 13.6. The van der Waals surface area contributed by atoms with Crippen molar-refractivity contribution >= 4 is 5.91 Å². The Morgan fingerprint density at radius 1 is 1.42 bits per heavy atom. The number of likely N-dealkylation sites (tertiary alicyclic amines) is 1. The van der Waals surface area contributed by atoms with E-state index < -0.39 is 0 Å². The molecule has 1 atom stereocenters. The highest BCUT2D eigenvalue weighted by atomic mass is 16.5. The third kappa shape index (κ3) is 2.00. The summed E-state index contributed by atoms with van der Waals surface area (Å²) in [6, 6.07) is 7.83. The summed E-state index contributed by atoms with van der Waals surface area (Å²) in [4.78, 5) is 14.2. The lowest BCUT2D eigenvalue weighted by Gasteiger charge is -2.50. The van der Waals surface area contributed by atoms with Gasteiger partial charge in [0.2, 0.25) is 0 Å². The van der Waals surface area contributed by atoms with Gasteiger partial charge >= 0.3 is 0 Å². The molecule has 102 valence electrons. The number of carbonyl (C=O) groups excluding carboxylic acids is 1. The molecular weight excluding hydrogens is 240 g/mol. The molecular formula is C15H20N2O2. The van der Waals surface area contributed by atoms with Crippen LogP contribution in [0.15, 0.2) is 24.3 Å². The third-order valence-corrected chi connectivity index (χ3v) is 4.35. The third-order valence-electron chi connectivity index (χ3n) is 4.35. The Labute approximate surface area is 113 Å². The van der Waals surface area contributed by atoms with Gasteiger partial charge in [-0.15, -0.1) is 0 Å². The SMILES string of the molecule is CC(C)C1(N)CN(C(=O)C2Cc3ccccc3O2)C1. The summed E-state index contributed by atoms with van der Waals surface area (Å²) in [6.45, 7) is 5.48. The molecule has 1 amide bonds. The van der Waals surface area contributed by atoms with Crippen LogP contribution in [-0.4, -0.2) is 35.5 Å². The van der Waals surface area contributed by atoms with E-state index in [4.69, 9.17) is 10.5 Å². The highest BCUT2D eigenvalue weighted by Gasteiger charge is 2.46. The maximum Gasteiger partial charge on any atom is 0.264 e. The monoisotopic (exact) mass is 260 g/mol. The summed E-state index contributed by atoms with van der Waals surface area (Å²) in [7, 11) is 0. The van der Waals surface area contributed by atoms with Gasteiger partial charge in [0, 0.05) is 19.5 Å².